The number of ether oxygens (including phenoxy) is 1. The third kappa shape index (κ3) is 3.66. The minimum absolute atomic E-state index is 0.321. The Balaban J connectivity index is 1.31. The smallest absolute Gasteiger partial charge is 0.0902 e. The molecule has 0 aromatic rings. The highest BCUT2D eigenvalue weighted by molar-refractivity contribution is 5.26. The topological polar surface area (TPSA) is 49.7 Å². The van der Waals surface area contributed by atoms with E-state index in [0.717, 1.165) is 68.8 Å². The number of fused-ring (bicyclic) bond motifs is 5. The number of aliphatic hydroxyl groups is 2. The molecule has 3 saturated carbocycles. The summed E-state index contributed by atoms with van der Waals surface area (Å²) in [6, 6.07) is 0. The van der Waals surface area contributed by atoms with Crippen molar-refractivity contribution < 1.29 is 14.9 Å². The van der Waals surface area contributed by atoms with Crippen LogP contribution in [-0.2, 0) is 4.74 Å². The van der Waals surface area contributed by atoms with E-state index in [0.29, 0.717) is 23.4 Å². The highest BCUT2D eigenvalue weighted by Crippen LogP contribution is 2.67. The zero-order chi connectivity index (χ0) is 22.1. The van der Waals surface area contributed by atoms with Crippen LogP contribution in [0.4, 0.5) is 0 Å². The summed E-state index contributed by atoms with van der Waals surface area (Å²) in [4.78, 5) is 0. The first-order valence-electron chi connectivity index (χ1n) is 13.3. The van der Waals surface area contributed by atoms with Crippen LogP contribution < -0.4 is 0 Å². The molecule has 2 N–H and O–H groups in total. The lowest BCUT2D eigenvalue weighted by molar-refractivity contribution is -0.0717. The minimum atomic E-state index is -0.563. The zero-order valence-corrected chi connectivity index (χ0v) is 20.5. The lowest BCUT2D eigenvalue weighted by atomic mass is 9.46. The Labute approximate surface area is 190 Å². The van der Waals surface area contributed by atoms with Crippen molar-refractivity contribution in [2.45, 2.75) is 110 Å². The maximum atomic E-state index is 10.8. The summed E-state index contributed by atoms with van der Waals surface area (Å²) < 4.78 is 5.48. The molecule has 0 aromatic carbocycles. The first-order valence-corrected chi connectivity index (χ1v) is 13.3. The number of rotatable bonds is 4. The van der Waals surface area contributed by atoms with Crippen LogP contribution >= 0.6 is 0 Å². The molecule has 176 valence electrons. The summed E-state index contributed by atoms with van der Waals surface area (Å²) in [6.07, 6.45) is 15.2. The number of allylic oxidation sites excluding steroid dienone is 1. The molecule has 5 rings (SSSR count). The number of hydrogen-bond acceptors (Lipinski definition) is 3. The lowest BCUT2D eigenvalue weighted by Crippen LogP contribution is -2.52. The molecule has 1 heterocycles. The fourth-order valence-corrected chi connectivity index (χ4v) is 9.27. The largest absolute Gasteiger partial charge is 0.390 e. The van der Waals surface area contributed by atoms with Crippen molar-refractivity contribution in [1.82, 2.24) is 0 Å². The van der Waals surface area contributed by atoms with Crippen LogP contribution in [0.3, 0.4) is 0 Å². The predicted molar refractivity (Wildman–Crippen MR) is 125 cm³/mol. The van der Waals surface area contributed by atoms with Gasteiger partial charge in [-0.05, 0) is 112 Å². The summed E-state index contributed by atoms with van der Waals surface area (Å²) in [6.45, 7) is 10.9. The SMILES string of the molecule is C[C@H](CCC1(O)CCOC1)C1CC[C@H]2[C@@H]3CC=C4C[C@@](C)(O)CC[C@]4(C)[C@H]3CC[C@]12C. The summed E-state index contributed by atoms with van der Waals surface area (Å²) in [5.41, 5.74) is 1.30. The second-order valence-electron chi connectivity index (χ2n) is 13.2. The minimum Gasteiger partial charge on any atom is -0.390 e. The van der Waals surface area contributed by atoms with E-state index in [1.807, 2.05) is 6.92 Å². The molecule has 5 aliphatic rings. The fraction of sp³-hybridized carbons (Fsp3) is 0.929. The summed E-state index contributed by atoms with van der Waals surface area (Å²) in [7, 11) is 0. The Morgan fingerprint density at radius 3 is 2.58 bits per heavy atom. The van der Waals surface area contributed by atoms with E-state index in [9.17, 15) is 10.2 Å². The van der Waals surface area contributed by atoms with Gasteiger partial charge in [-0.25, -0.2) is 0 Å². The van der Waals surface area contributed by atoms with Gasteiger partial charge in [0.2, 0.25) is 0 Å². The molecule has 4 fully saturated rings. The molecule has 0 amide bonds. The molecule has 0 spiro atoms. The van der Waals surface area contributed by atoms with Crippen molar-refractivity contribution in [3.63, 3.8) is 0 Å². The maximum Gasteiger partial charge on any atom is 0.0902 e. The van der Waals surface area contributed by atoms with Crippen molar-refractivity contribution in [2.24, 2.45) is 40.4 Å². The molecule has 0 bridgehead atoms. The van der Waals surface area contributed by atoms with Crippen LogP contribution in [0.15, 0.2) is 11.6 Å². The van der Waals surface area contributed by atoms with Gasteiger partial charge in [0.25, 0.3) is 0 Å². The Morgan fingerprint density at radius 2 is 1.84 bits per heavy atom. The van der Waals surface area contributed by atoms with E-state index < -0.39 is 11.2 Å². The van der Waals surface area contributed by atoms with Crippen molar-refractivity contribution in [1.29, 1.82) is 0 Å². The molecule has 9 atom stereocenters. The Bertz CT molecular complexity index is 720. The van der Waals surface area contributed by atoms with Crippen molar-refractivity contribution in [3.8, 4) is 0 Å². The van der Waals surface area contributed by atoms with Crippen molar-refractivity contribution >= 4 is 0 Å². The van der Waals surface area contributed by atoms with Gasteiger partial charge in [0.05, 0.1) is 17.8 Å². The average Bonchev–Trinajstić information content (AvgIpc) is 3.30. The van der Waals surface area contributed by atoms with Gasteiger partial charge in [-0.2, -0.15) is 0 Å². The molecule has 3 nitrogen and oxygen atoms in total. The first-order chi connectivity index (χ1) is 14.6. The quantitative estimate of drug-likeness (QED) is 0.547. The van der Waals surface area contributed by atoms with E-state index in [4.69, 9.17) is 4.74 Å². The van der Waals surface area contributed by atoms with Crippen molar-refractivity contribution in [2.75, 3.05) is 13.2 Å². The van der Waals surface area contributed by atoms with Gasteiger partial charge in [0.1, 0.15) is 0 Å². The Kier molecular flexibility index (Phi) is 5.47. The molecule has 0 radical (unpaired) electrons. The van der Waals surface area contributed by atoms with E-state index >= 15 is 0 Å². The molecule has 1 aliphatic heterocycles. The molecule has 31 heavy (non-hydrogen) atoms. The zero-order valence-electron chi connectivity index (χ0n) is 20.5. The summed E-state index contributed by atoms with van der Waals surface area (Å²) in [5, 5.41) is 21.5. The molecular weight excluding hydrogens is 384 g/mol. The molecule has 4 aliphatic carbocycles. The van der Waals surface area contributed by atoms with Gasteiger partial charge in [-0.15, -0.1) is 0 Å². The normalized spacial score (nSPS) is 52.8. The van der Waals surface area contributed by atoms with Crippen LogP contribution in [0.2, 0.25) is 0 Å². The van der Waals surface area contributed by atoms with Gasteiger partial charge >= 0.3 is 0 Å². The average molecular weight is 431 g/mol. The summed E-state index contributed by atoms with van der Waals surface area (Å²) >= 11 is 0. The second-order valence-corrected chi connectivity index (χ2v) is 13.2. The summed E-state index contributed by atoms with van der Waals surface area (Å²) in [5.74, 6) is 3.99. The van der Waals surface area contributed by atoms with Crippen LogP contribution in [0, 0.1) is 40.4 Å². The highest BCUT2D eigenvalue weighted by Gasteiger charge is 2.59. The van der Waals surface area contributed by atoms with Crippen LogP contribution in [0.5, 0.6) is 0 Å². The predicted octanol–water partition coefficient (Wildman–Crippen LogP) is 5.88. The molecule has 2 unspecified atom stereocenters. The van der Waals surface area contributed by atoms with Gasteiger partial charge in [-0.3, -0.25) is 0 Å². The monoisotopic (exact) mass is 430 g/mol. The molecule has 1 saturated heterocycles. The number of hydrogen-bond donors (Lipinski definition) is 2. The Hall–Kier alpha value is -0.380. The molecule has 3 heteroatoms. The standard InChI is InChI=1S/C28H46O3/c1-19(9-12-28(30)15-16-31-18-28)22-7-8-23-21-6-5-20-17-25(2,29)13-14-26(20,3)24(21)10-11-27(22,23)4/h5,19,21-24,29-30H,6-18H2,1-4H3/t19-,21+,22?,23+,24+,25+,26+,27-,28?/m1/s1. The first kappa shape index (κ1) is 22.4. The van der Waals surface area contributed by atoms with Crippen LogP contribution in [0.1, 0.15) is 98.3 Å². The third-order valence-corrected chi connectivity index (χ3v) is 11.3. The maximum absolute atomic E-state index is 10.8. The Morgan fingerprint density at radius 1 is 1.03 bits per heavy atom. The van der Waals surface area contributed by atoms with Gasteiger partial charge in [-0.1, -0.05) is 32.4 Å². The van der Waals surface area contributed by atoms with Crippen LogP contribution in [0.25, 0.3) is 0 Å². The second kappa shape index (κ2) is 7.57. The lowest BCUT2D eigenvalue weighted by Gasteiger charge is -2.59. The van der Waals surface area contributed by atoms with E-state index in [1.54, 1.807) is 5.57 Å². The van der Waals surface area contributed by atoms with E-state index in [1.165, 1.54) is 32.1 Å². The van der Waals surface area contributed by atoms with Gasteiger partial charge < -0.3 is 14.9 Å². The van der Waals surface area contributed by atoms with Gasteiger partial charge in [0, 0.05) is 13.0 Å². The molecular formula is C28H46O3. The van der Waals surface area contributed by atoms with Crippen molar-refractivity contribution in [3.05, 3.63) is 11.6 Å². The third-order valence-electron chi connectivity index (χ3n) is 11.3. The van der Waals surface area contributed by atoms with Gasteiger partial charge in [0.15, 0.2) is 0 Å². The molecule has 0 aromatic heterocycles. The van der Waals surface area contributed by atoms with E-state index in [-0.39, 0.29) is 0 Å². The van der Waals surface area contributed by atoms with Crippen LogP contribution in [-0.4, -0.2) is 34.6 Å². The van der Waals surface area contributed by atoms with E-state index in [2.05, 4.69) is 26.8 Å². The fourth-order valence-electron chi connectivity index (χ4n) is 9.27. The highest BCUT2D eigenvalue weighted by atomic mass is 16.5.